The summed E-state index contributed by atoms with van der Waals surface area (Å²) in [5, 5.41) is 3.26. The first-order valence-electron chi connectivity index (χ1n) is 10.1. The molecule has 1 amide bonds. The number of piperidine rings is 1. The molecule has 2 aliphatic rings. The fourth-order valence-electron chi connectivity index (χ4n) is 3.73. The van der Waals surface area contributed by atoms with Crippen molar-refractivity contribution in [3.05, 3.63) is 42.4 Å². The number of carbonyl (C=O) groups is 1. The van der Waals surface area contributed by atoms with Crippen molar-refractivity contribution in [3.8, 4) is 0 Å². The first kappa shape index (κ1) is 18.7. The highest BCUT2D eigenvalue weighted by molar-refractivity contribution is 5.92. The van der Waals surface area contributed by atoms with Crippen LogP contribution in [0.1, 0.15) is 29.8 Å². The van der Waals surface area contributed by atoms with Gasteiger partial charge in [-0.1, -0.05) is 0 Å². The highest BCUT2D eigenvalue weighted by atomic mass is 16.2. The van der Waals surface area contributed by atoms with E-state index in [0.717, 1.165) is 45.0 Å². The number of nitrogens with one attached hydrogen (secondary N) is 1. The van der Waals surface area contributed by atoms with Gasteiger partial charge in [0, 0.05) is 50.6 Å². The number of hydrogen-bond donors (Lipinski definition) is 1. The maximum atomic E-state index is 12.5. The molecule has 1 N–H and O–H groups in total. The summed E-state index contributed by atoms with van der Waals surface area (Å²) in [4.78, 5) is 27.7. The second-order valence-electron chi connectivity index (χ2n) is 7.60. The molecule has 0 saturated carbocycles. The monoisotopic (exact) mass is 380 g/mol. The Labute approximate surface area is 166 Å². The van der Waals surface area contributed by atoms with Crippen molar-refractivity contribution < 1.29 is 4.79 Å². The van der Waals surface area contributed by atoms with Crippen LogP contribution >= 0.6 is 0 Å². The van der Waals surface area contributed by atoms with Gasteiger partial charge in [-0.2, -0.15) is 0 Å². The van der Waals surface area contributed by atoms with Gasteiger partial charge in [0.2, 0.25) is 0 Å². The predicted molar refractivity (Wildman–Crippen MR) is 111 cm³/mol. The Morgan fingerprint density at radius 2 is 1.61 bits per heavy atom. The number of rotatable bonds is 4. The average molecular weight is 380 g/mol. The van der Waals surface area contributed by atoms with E-state index in [2.05, 4.69) is 56.4 Å². The minimum Gasteiger partial charge on any atom is -0.372 e. The van der Waals surface area contributed by atoms with Crippen molar-refractivity contribution in [2.24, 2.45) is 0 Å². The van der Waals surface area contributed by atoms with E-state index in [1.54, 1.807) is 12.4 Å². The van der Waals surface area contributed by atoms with Crippen LogP contribution in [0.4, 0.5) is 17.2 Å². The summed E-state index contributed by atoms with van der Waals surface area (Å²) < 4.78 is 0. The molecule has 0 radical (unpaired) electrons. The maximum absolute atomic E-state index is 12.5. The van der Waals surface area contributed by atoms with Gasteiger partial charge in [0.1, 0.15) is 11.5 Å². The van der Waals surface area contributed by atoms with Gasteiger partial charge < -0.3 is 20.0 Å². The van der Waals surface area contributed by atoms with Crippen LogP contribution in [0.25, 0.3) is 0 Å². The van der Waals surface area contributed by atoms with E-state index in [0.29, 0.717) is 11.5 Å². The second kappa shape index (κ2) is 8.56. The molecule has 3 heterocycles. The minimum atomic E-state index is -0.0435. The molecule has 0 aliphatic carbocycles. The smallest absolute Gasteiger partial charge is 0.274 e. The lowest BCUT2D eigenvalue weighted by Gasteiger charge is -2.32. The number of hydrogen-bond acceptors (Lipinski definition) is 6. The summed E-state index contributed by atoms with van der Waals surface area (Å²) in [5.41, 5.74) is 2.63. The van der Waals surface area contributed by atoms with Crippen LogP contribution in [0, 0.1) is 0 Å². The highest BCUT2D eigenvalue weighted by Crippen LogP contribution is 2.23. The van der Waals surface area contributed by atoms with Crippen LogP contribution in [0.3, 0.4) is 0 Å². The molecule has 0 bridgehead atoms. The van der Waals surface area contributed by atoms with E-state index in [4.69, 9.17) is 0 Å². The van der Waals surface area contributed by atoms with Gasteiger partial charge in [-0.3, -0.25) is 4.79 Å². The largest absolute Gasteiger partial charge is 0.372 e. The van der Waals surface area contributed by atoms with Gasteiger partial charge >= 0.3 is 0 Å². The lowest BCUT2D eigenvalue weighted by atomic mass is 10.1. The molecule has 2 saturated heterocycles. The topological polar surface area (TPSA) is 64.6 Å². The van der Waals surface area contributed by atoms with E-state index >= 15 is 0 Å². The van der Waals surface area contributed by atoms with Gasteiger partial charge in [0.15, 0.2) is 0 Å². The third-order valence-corrected chi connectivity index (χ3v) is 5.52. The van der Waals surface area contributed by atoms with Crippen LogP contribution in [-0.4, -0.2) is 72.0 Å². The molecule has 2 aromatic rings. The van der Waals surface area contributed by atoms with E-state index in [1.807, 2.05) is 4.90 Å². The summed E-state index contributed by atoms with van der Waals surface area (Å²) in [6.07, 6.45) is 7.07. The Morgan fingerprint density at radius 3 is 2.25 bits per heavy atom. The number of anilines is 3. The Morgan fingerprint density at radius 1 is 0.893 bits per heavy atom. The fraction of sp³-hybridized carbons (Fsp3) is 0.476. The van der Waals surface area contributed by atoms with Crippen LogP contribution in [-0.2, 0) is 0 Å². The Hall–Kier alpha value is -2.67. The van der Waals surface area contributed by atoms with Crippen molar-refractivity contribution in [2.45, 2.75) is 19.3 Å². The summed E-state index contributed by atoms with van der Waals surface area (Å²) in [5.74, 6) is 0.596. The lowest BCUT2D eigenvalue weighted by Crippen LogP contribution is -2.47. The third kappa shape index (κ3) is 4.42. The van der Waals surface area contributed by atoms with Gasteiger partial charge in [-0.15, -0.1) is 0 Å². The van der Waals surface area contributed by atoms with Gasteiger partial charge in [0.25, 0.3) is 5.91 Å². The Bertz CT molecular complexity index is 778. The van der Waals surface area contributed by atoms with Crippen molar-refractivity contribution >= 4 is 23.1 Å². The minimum absolute atomic E-state index is 0.0435. The van der Waals surface area contributed by atoms with Crippen LogP contribution in [0.5, 0.6) is 0 Å². The summed E-state index contributed by atoms with van der Waals surface area (Å²) >= 11 is 0. The standard InChI is InChI=1S/C21H28N6O/c1-25-11-13-27(14-12-25)21(28)19-15-23-20(16-22-19)24-17-5-7-18(8-6-17)26-9-3-2-4-10-26/h5-8,15-16H,2-4,9-14H2,1H3,(H,23,24). The van der Waals surface area contributed by atoms with Gasteiger partial charge in [-0.25, -0.2) is 9.97 Å². The van der Waals surface area contributed by atoms with E-state index in [9.17, 15) is 4.79 Å². The predicted octanol–water partition coefficient (Wildman–Crippen LogP) is 2.60. The van der Waals surface area contributed by atoms with E-state index < -0.39 is 0 Å². The molecule has 28 heavy (non-hydrogen) atoms. The van der Waals surface area contributed by atoms with Crippen molar-refractivity contribution in [2.75, 3.05) is 56.5 Å². The number of piperazine rings is 1. The molecule has 0 spiro atoms. The zero-order chi connectivity index (χ0) is 19.3. The first-order valence-corrected chi connectivity index (χ1v) is 10.1. The average Bonchev–Trinajstić information content (AvgIpc) is 2.75. The van der Waals surface area contributed by atoms with Crippen molar-refractivity contribution in [1.82, 2.24) is 19.8 Å². The molecule has 7 nitrogen and oxygen atoms in total. The molecule has 1 aromatic carbocycles. The SMILES string of the molecule is CN1CCN(C(=O)c2cnc(Nc3ccc(N4CCCCC4)cc3)cn2)CC1. The molecule has 0 unspecified atom stereocenters. The van der Waals surface area contributed by atoms with Crippen LogP contribution in [0.15, 0.2) is 36.7 Å². The molecular formula is C21H28N6O. The maximum Gasteiger partial charge on any atom is 0.274 e. The normalized spacial score (nSPS) is 18.2. The third-order valence-electron chi connectivity index (χ3n) is 5.52. The lowest BCUT2D eigenvalue weighted by molar-refractivity contribution is 0.0658. The number of benzene rings is 1. The second-order valence-corrected chi connectivity index (χ2v) is 7.60. The number of nitrogens with zero attached hydrogens (tertiary/aromatic N) is 5. The summed E-state index contributed by atoms with van der Waals surface area (Å²) in [6.45, 7) is 5.54. The molecular weight excluding hydrogens is 352 g/mol. The summed E-state index contributed by atoms with van der Waals surface area (Å²) in [7, 11) is 2.07. The number of aromatic nitrogens is 2. The zero-order valence-corrected chi connectivity index (χ0v) is 16.5. The fourth-order valence-corrected chi connectivity index (χ4v) is 3.73. The van der Waals surface area contributed by atoms with Gasteiger partial charge in [-0.05, 0) is 50.6 Å². The Kier molecular flexibility index (Phi) is 5.71. The van der Waals surface area contributed by atoms with E-state index in [1.165, 1.54) is 24.9 Å². The summed E-state index contributed by atoms with van der Waals surface area (Å²) in [6, 6.07) is 8.42. The van der Waals surface area contributed by atoms with Crippen molar-refractivity contribution in [3.63, 3.8) is 0 Å². The van der Waals surface area contributed by atoms with Crippen LogP contribution < -0.4 is 10.2 Å². The quantitative estimate of drug-likeness (QED) is 0.880. The highest BCUT2D eigenvalue weighted by Gasteiger charge is 2.21. The number of likely N-dealkylation sites (N-methyl/N-ethyl adjacent to an activating group) is 1. The molecule has 2 fully saturated rings. The van der Waals surface area contributed by atoms with Gasteiger partial charge in [0.05, 0.1) is 12.4 Å². The first-order chi connectivity index (χ1) is 13.7. The molecule has 4 rings (SSSR count). The van der Waals surface area contributed by atoms with Crippen LogP contribution in [0.2, 0.25) is 0 Å². The number of carbonyl (C=O) groups excluding carboxylic acids is 1. The number of amides is 1. The molecule has 0 atom stereocenters. The molecule has 2 aliphatic heterocycles. The molecule has 1 aromatic heterocycles. The Balaban J connectivity index is 1.35. The molecule has 7 heteroatoms. The van der Waals surface area contributed by atoms with Crippen molar-refractivity contribution in [1.29, 1.82) is 0 Å². The molecule has 148 valence electrons. The van der Waals surface area contributed by atoms with E-state index in [-0.39, 0.29) is 5.91 Å². The zero-order valence-electron chi connectivity index (χ0n) is 16.5.